The molecule has 0 atom stereocenters. The Morgan fingerprint density at radius 3 is 2.86 bits per heavy atom. The van der Waals surface area contributed by atoms with Crippen LogP contribution in [0, 0.1) is 0 Å². The zero-order valence-corrected chi connectivity index (χ0v) is 8.69. The SMILES string of the molecule is COc1ccn2c(C(C)C)cnc2c1. The van der Waals surface area contributed by atoms with Gasteiger partial charge >= 0.3 is 0 Å². The molecule has 0 bridgehead atoms. The van der Waals surface area contributed by atoms with Crippen LogP contribution in [-0.4, -0.2) is 16.5 Å². The van der Waals surface area contributed by atoms with Crippen LogP contribution in [0.25, 0.3) is 5.65 Å². The summed E-state index contributed by atoms with van der Waals surface area (Å²) in [4.78, 5) is 4.33. The molecule has 0 aliphatic carbocycles. The maximum Gasteiger partial charge on any atom is 0.140 e. The Bertz CT molecular complexity index is 445. The Hall–Kier alpha value is -1.51. The first-order valence-corrected chi connectivity index (χ1v) is 4.73. The van der Waals surface area contributed by atoms with Gasteiger partial charge in [-0.2, -0.15) is 0 Å². The van der Waals surface area contributed by atoms with E-state index in [1.54, 1.807) is 7.11 Å². The van der Waals surface area contributed by atoms with Gasteiger partial charge < -0.3 is 9.14 Å². The monoisotopic (exact) mass is 190 g/mol. The summed E-state index contributed by atoms with van der Waals surface area (Å²) in [5, 5.41) is 0. The first-order chi connectivity index (χ1) is 6.72. The van der Waals surface area contributed by atoms with Gasteiger partial charge in [-0.05, 0) is 12.0 Å². The van der Waals surface area contributed by atoms with Gasteiger partial charge in [0.15, 0.2) is 0 Å². The van der Waals surface area contributed by atoms with E-state index in [9.17, 15) is 0 Å². The van der Waals surface area contributed by atoms with Crippen LogP contribution in [0.1, 0.15) is 25.5 Å². The number of hydrogen-bond acceptors (Lipinski definition) is 2. The number of pyridine rings is 1. The number of methoxy groups -OCH3 is 1. The van der Waals surface area contributed by atoms with Gasteiger partial charge in [-0.1, -0.05) is 13.8 Å². The number of hydrogen-bond donors (Lipinski definition) is 0. The molecule has 0 aromatic carbocycles. The molecular formula is C11H14N2O. The number of ether oxygens (including phenoxy) is 1. The van der Waals surface area contributed by atoms with Crippen molar-refractivity contribution in [3.8, 4) is 5.75 Å². The standard InChI is InChI=1S/C11H14N2O/c1-8(2)10-7-12-11-6-9(14-3)4-5-13(10)11/h4-8H,1-3H3. The fraction of sp³-hybridized carbons (Fsp3) is 0.364. The summed E-state index contributed by atoms with van der Waals surface area (Å²) in [6.45, 7) is 4.32. The molecule has 0 amide bonds. The molecule has 0 saturated heterocycles. The van der Waals surface area contributed by atoms with Crippen LogP contribution in [0.3, 0.4) is 0 Å². The molecule has 0 aliphatic rings. The smallest absolute Gasteiger partial charge is 0.140 e. The van der Waals surface area contributed by atoms with Crippen LogP contribution in [0.4, 0.5) is 0 Å². The lowest BCUT2D eigenvalue weighted by Crippen LogP contribution is -1.94. The molecule has 74 valence electrons. The van der Waals surface area contributed by atoms with Gasteiger partial charge in [0.1, 0.15) is 11.4 Å². The molecule has 0 N–H and O–H groups in total. The lowest BCUT2D eigenvalue weighted by Gasteiger charge is -2.05. The Morgan fingerprint density at radius 1 is 1.43 bits per heavy atom. The van der Waals surface area contributed by atoms with Crippen molar-refractivity contribution < 1.29 is 4.74 Å². The Kier molecular flexibility index (Phi) is 2.15. The molecule has 2 heterocycles. The maximum absolute atomic E-state index is 5.14. The molecule has 2 rings (SSSR count). The van der Waals surface area contributed by atoms with Crippen molar-refractivity contribution in [1.29, 1.82) is 0 Å². The number of rotatable bonds is 2. The zero-order valence-electron chi connectivity index (χ0n) is 8.69. The summed E-state index contributed by atoms with van der Waals surface area (Å²) in [5.41, 5.74) is 2.16. The first kappa shape index (κ1) is 9.06. The normalized spacial score (nSPS) is 11.1. The predicted octanol–water partition coefficient (Wildman–Crippen LogP) is 2.47. The highest BCUT2D eigenvalue weighted by atomic mass is 16.5. The van der Waals surface area contributed by atoms with Crippen LogP contribution >= 0.6 is 0 Å². The topological polar surface area (TPSA) is 26.5 Å². The molecule has 14 heavy (non-hydrogen) atoms. The summed E-state index contributed by atoms with van der Waals surface area (Å²) in [7, 11) is 1.66. The molecule has 2 aromatic rings. The van der Waals surface area contributed by atoms with Crippen molar-refractivity contribution in [2.45, 2.75) is 19.8 Å². The third-order valence-electron chi connectivity index (χ3n) is 2.34. The van der Waals surface area contributed by atoms with Crippen molar-refractivity contribution in [3.05, 3.63) is 30.2 Å². The lowest BCUT2D eigenvalue weighted by atomic mass is 10.1. The van der Waals surface area contributed by atoms with E-state index in [1.807, 2.05) is 24.5 Å². The van der Waals surface area contributed by atoms with Crippen molar-refractivity contribution in [3.63, 3.8) is 0 Å². The van der Waals surface area contributed by atoms with Crippen LogP contribution in [0.15, 0.2) is 24.5 Å². The third kappa shape index (κ3) is 1.35. The molecule has 0 spiro atoms. The minimum absolute atomic E-state index is 0.485. The van der Waals surface area contributed by atoms with Gasteiger partial charge in [-0.3, -0.25) is 0 Å². The Labute approximate surface area is 83.3 Å². The zero-order chi connectivity index (χ0) is 10.1. The van der Waals surface area contributed by atoms with Crippen LogP contribution in [0.5, 0.6) is 5.75 Å². The van der Waals surface area contributed by atoms with Gasteiger partial charge in [0, 0.05) is 24.2 Å². The molecule has 3 nitrogen and oxygen atoms in total. The van der Waals surface area contributed by atoms with E-state index in [2.05, 4.69) is 23.2 Å². The molecule has 0 radical (unpaired) electrons. The lowest BCUT2D eigenvalue weighted by molar-refractivity contribution is 0.414. The third-order valence-corrected chi connectivity index (χ3v) is 2.34. The predicted molar refractivity (Wildman–Crippen MR) is 55.8 cm³/mol. The van der Waals surface area contributed by atoms with Gasteiger partial charge in [0.25, 0.3) is 0 Å². The molecule has 3 heteroatoms. The molecule has 0 saturated carbocycles. The highest BCUT2D eigenvalue weighted by Gasteiger charge is 2.06. The molecule has 2 aromatic heterocycles. The second-order valence-electron chi connectivity index (χ2n) is 3.63. The number of imidazole rings is 1. The highest BCUT2D eigenvalue weighted by Crippen LogP contribution is 2.19. The van der Waals surface area contributed by atoms with E-state index in [4.69, 9.17) is 4.74 Å². The molecule has 0 unspecified atom stereocenters. The van der Waals surface area contributed by atoms with Gasteiger partial charge in [0.05, 0.1) is 7.11 Å². The highest BCUT2D eigenvalue weighted by molar-refractivity contribution is 5.46. The summed E-state index contributed by atoms with van der Waals surface area (Å²) >= 11 is 0. The van der Waals surface area contributed by atoms with Gasteiger partial charge in [0.2, 0.25) is 0 Å². The second kappa shape index (κ2) is 3.33. The molecule has 0 fully saturated rings. The van der Waals surface area contributed by atoms with E-state index in [1.165, 1.54) is 5.69 Å². The summed E-state index contributed by atoms with van der Waals surface area (Å²) in [6, 6.07) is 3.88. The largest absolute Gasteiger partial charge is 0.497 e. The van der Waals surface area contributed by atoms with Crippen LogP contribution < -0.4 is 4.74 Å². The second-order valence-corrected chi connectivity index (χ2v) is 3.63. The average molecular weight is 190 g/mol. The number of nitrogens with zero attached hydrogens (tertiary/aromatic N) is 2. The first-order valence-electron chi connectivity index (χ1n) is 4.73. The van der Waals surface area contributed by atoms with Crippen LogP contribution in [-0.2, 0) is 0 Å². The molecule has 0 aliphatic heterocycles. The van der Waals surface area contributed by atoms with Crippen molar-refractivity contribution in [2.75, 3.05) is 7.11 Å². The van der Waals surface area contributed by atoms with E-state index in [-0.39, 0.29) is 0 Å². The minimum atomic E-state index is 0.485. The maximum atomic E-state index is 5.14. The van der Waals surface area contributed by atoms with E-state index in [0.29, 0.717) is 5.92 Å². The number of fused-ring (bicyclic) bond motifs is 1. The quantitative estimate of drug-likeness (QED) is 0.727. The summed E-state index contributed by atoms with van der Waals surface area (Å²) in [5.74, 6) is 1.33. The fourth-order valence-electron chi connectivity index (χ4n) is 1.54. The van der Waals surface area contributed by atoms with E-state index < -0.39 is 0 Å². The number of aromatic nitrogens is 2. The van der Waals surface area contributed by atoms with E-state index >= 15 is 0 Å². The van der Waals surface area contributed by atoms with Gasteiger partial charge in [-0.25, -0.2) is 4.98 Å². The summed E-state index contributed by atoms with van der Waals surface area (Å²) in [6.07, 6.45) is 3.91. The van der Waals surface area contributed by atoms with E-state index in [0.717, 1.165) is 11.4 Å². The average Bonchev–Trinajstić information content (AvgIpc) is 2.59. The van der Waals surface area contributed by atoms with Crippen molar-refractivity contribution >= 4 is 5.65 Å². The van der Waals surface area contributed by atoms with Crippen LogP contribution in [0.2, 0.25) is 0 Å². The molecular weight excluding hydrogens is 176 g/mol. The Balaban J connectivity index is 2.59. The Morgan fingerprint density at radius 2 is 2.21 bits per heavy atom. The summed E-state index contributed by atoms with van der Waals surface area (Å²) < 4.78 is 7.23. The van der Waals surface area contributed by atoms with Crippen molar-refractivity contribution in [1.82, 2.24) is 9.38 Å². The van der Waals surface area contributed by atoms with Gasteiger partial charge in [-0.15, -0.1) is 0 Å². The fourth-order valence-corrected chi connectivity index (χ4v) is 1.54. The van der Waals surface area contributed by atoms with Crippen molar-refractivity contribution in [2.24, 2.45) is 0 Å². The minimum Gasteiger partial charge on any atom is -0.497 e.